The number of nitrogens with two attached hydrogens (primary N) is 2. The van der Waals surface area contributed by atoms with Crippen molar-refractivity contribution in [3.8, 4) is 0 Å². The van der Waals surface area contributed by atoms with Crippen LogP contribution >= 0.6 is 0 Å². The molecule has 1 aliphatic rings. The summed E-state index contributed by atoms with van der Waals surface area (Å²) in [5.74, 6) is 0.589. The number of nitrogen functional groups attached to an aromatic ring is 1. The number of hydrogen-bond acceptors (Lipinski definition) is 4. The van der Waals surface area contributed by atoms with Gasteiger partial charge in [-0.1, -0.05) is 19.3 Å². The van der Waals surface area contributed by atoms with Crippen molar-refractivity contribution in [1.82, 2.24) is 4.98 Å². The lowest BCUT2D eigenvalue weighted by Gasteiger charge is -2.33. The number of ether oxygens (including phenoxy) is 1. The van der Waals surface area contributed by atoms with Crippen LogP contribution in [0.15, 0.2) is 18.5 Å². The largest absolute Gasteiger partial charge is 0.398 e. The van der Waals surface area contributed by atoms with Crippen molar-refractivity contribution in [2.24, 2.45) is 11.7 Å². The summed E-state index contributed by atoms with van der Waals surface area (Å²) in [5, 5.41) is 0. The Balaban J connectivity index is 2.00. The highest BCUT2D eigenvalue weighted by Gasteiger charge is 2.28. The van der Waals surface area contributed by atoms with Crippen molar-refractivity contribution in [2.45, 2.75) is 50.7 Å². The fourth-order valence-corrected chi connectivity index (χ4v) is 3.16. The number of hydrogen-bond donors (Lipinski definition) is 2. The SMILES string of the molecule is COC(C(N)Cc1cnccc1N)C1CCCCC1. The Morgan fingerprint density at radius 2 is 2.11 bits per heavy atom. The molecule has 0 aromatic carbocycles. The molecule has 1 heterocycles. The van der Waals surface area contributed by atoms with Crippen molar-refractivity contribution in [3.05, 3.63) is 24.0 Å². The van der Waals surface area contributed by atoms with Gasteiger partial charge in [-0.15, -0.1) is 0 Å². The van der Waals surface area contributed by atoms with Gasteiger partial charge in [0.1, 0.15) is 0 Å². The zero-order valence-electron chi connectivity index (χ0n) is 11.7. The maximum atomic E-state index is 6.35. The average molecular weight is 263 g/mol. The summed E-state index contributed by atoms with van der Waals surface area (Å²) in [7, 11) is 1.77. The van der Waals surface area contributed by atoms with E-state index >= 15 is 0 Å². The fourth-order valence-electron chi connectivity index (χ4n) is 3.16. The van der Waals surface area contributed by atoms with Gasteiger partial charge in [0, 0.05) is 31.2 Å². The topological polar surface area (TPSA) is 74.2 Å². The molecule has 1 aromatic heterocycles. The molecular weight excluding hydrogens is 238 g/mol. The van der Waals surface area contributed by atoms with Gasteiger partial charge in [-0.05, 0) is 36.8 Å². The van der Waals surface area contributed by atoms with E-state index in [0.29, 0.717) is 5.92 Å². The Labute approximate surface area is 115 Å². The van der Waals surface area contributed by atoms with Gasteiger partial charge in [-0.2, -0.15) is 0 Å². The highest BCUT2D eigenvalue weighted by Crippen LogP contribution is 2.29. The quantitative estimate of drug-likeness (QED) is 0.853. The predicted octanol–water partition coefficient (Wildman–Crippen LogP) is 2.13. The number of aromatic nitrogens is 1. The van der Waals surface area contributed by atoms with E-state index in [4.69, 9.17) is 16.2 Å². The summed E-state index contributed by atoms with van der Waals surface area (Å²) in [5.41, 5.74) is 14.1. The minimum absolute atomic E-state index is 0.0143. The zero-order valence-corrected chi connectivity index (χ0v) is 11.7. The van der Waals surface area contributed by atoms with Crippen LogP contribution in [0.3, 0.4) is 0 Å². The van der Waals surface area contributed by atoms with Gasteiger partial charge in [0.2, 0.25) is 0 Å². The van der Waals surface area contributed by atoms with Crippen LogP contribution in [0, 0.1) is 5.92 Å². The molecule has 19 heavy (non-hydrogen) atoms. The van der Waals surface area contributed by atoms with Gasteiger partial charge >= 0.3 is 0 Å². The van der Waals surface area contributed by atoms with Crippen LogP contribution in [0.25, 0.3) is 0 Å². The molecule has 4 N–H and O–H groups in total. The number of pyridine rings is 1. The summed E-state index contributed by atoms with van der Waals surface area (Å²) in [6.45, 7) is 0. The van der Waals surface area contributed by atoms with E-state index in [1.807, 2.05) is 12.3 Å². The second-order valence-electron chi connectivity index (χ2n) is 5.54. The monoisotopic (exact) mass is 263 g/mol. The molecule has 0 saturated heterocycles. The number of rotatable bonds is 5. The fraction of sp³-hybridized carbons (Fsp3) is 0.667. The van der Waals surface area contributed by atoms with Crippen LogP contribution < -0.4 is 11.5 Å². The Morgan fingerprint density at radius 1 is 1.37 bits per heavy atom. The summed E-state index contributed by atoms with van der Waals surface area (Å²) >= 11 is 0. The molecule has 2 rings (SSSR count). The standard InChI is InChI=1S/C15H25N3O/c1-19-15(11-5-3-2-4-6-11)14(17)9-12-10-18-8-7-13(12)16/h7-8,10-11,14-15H,2-6,9,17H2,1H3,(H2,16,18). The van der Waals surface area contributed by atoms with Crippen molar-refractivity contribution in [1.29, 1.82) is 0 Å². The Hall–Kier alpha value is -1.13. The van der Waals surface area contributed by atoms with Crippen LogP contribution in [-0.4, -0.2) is 24.2 Å². The molecule has 1 aromatic rings. The first-order valence-electron chi connectivity index (χ1n) is 7.19. The smallest absolute Gasteiger partial charge is 0.0753 e. The minimum atomic E-state index is -0.0143. The van der Waals surface area contributed by atoms with Crippen molar-refractivity contribution in [2.75, 3.05) is 12.8 Å². The van der Waals surface area contributed by atoms with Crippen LogP contribution in [-0.2, 0) is 11.2 Å². The first kappa shape index (κ1) is 14.3. The average Bonchev–Trinajstić information content (AvgIpc) is 2.43. The summed E-state index contributed by atoms with van der Waals surface area (Å²) in [6, 6.07) is 1.81. The van der Waals surface area contributed by atoms with E-state index in [0.717, 1.165) is 17.7 Å². The maximum absolute atomic E-state index is 6.35. The van der Waals surface area contributed by atoms with Gasteiger partial charge in [0.25, 0.3) is 0 Å². The third-order valence-corrected chi connectivity index (χ3v) is 4.21. The molecule has 4 nitrogen and oxygen atoms in total. The first-order valence-corrected chi connectivity index (χ1v) is 7.19. The summed E-state index contributed by atoms with van der Waals surface area (Å²) in [6.07, 6.45) is 10.8. The van der Waals surface area contributed by atoms with E-state index in [9.17, 15) is 0 Å². The zero-order chi connectivity index (χ0) is 13.7. The maximum Gasteiger partial charge on any atom is 0.0753 e. The number of methoxy groups -OCH3 is 1. The van der Waals surface area contributed by atoms with Gasteiger partial charge in [-0.3, -0.25) is 4.98 Å². The molecule has 0 amide bonds. The Bertz CT molecular complexity index is 391. The second kappa shape index (κ2) is 6.87. The number of anilines is 1. The van der Waals surface area contributed by atoms with E-state index in [1.54, 1.807) is 13.3 Å². The molecule has 2 atom stereocenters. The molecule has 1 saturated carbocycles. The Kier molecular flexibility index (Phi) is 5.16. The molecule has 2 unspecified atom stereocenters. The molecule has 106 valence electrons. The van der Waals surface area contributed by atoms with E-state index < -0.39 is 0 Å². The van der Waals surface area contributed by atoms with Gasteiger partial charge in [-0.25, -0.2) is 0 Å². The van der Waals surface area contributed by atoms with Gasteiger partial charge < -0.3 is 16.2 Å². The van der Waals surface area contributed by atoms with Gasteiger partial charge in [0.15, 0.2) is 0 Å². The molecule has 1 aliphatic carbocycles. The first-order chi connectivity index (χ1) is 9.22. The lowest BCUT2D eigenvalue weighted by atomic mass is 9.81. The third kappa shape index (κ3) is 3.67. The van der Waals surface area contributed by atoms with Crippen LogP contribution in [0.1, 0.15) is 37.7 Å². The molecule has 4 heteroatoms. The minimum Gasteiger partial charge on any atom is -0.398 e. The molecular formula is C15H25N3O. The van der Waals surface area contributed by atoms with Crippen molar-refractivity contribution < 1.29 is 4.74 Å². The van der Waals surface area contributed by atoms with Crippen LogP contribution in [0.4, 0.5) is 5.69 Å². The molecule has 1 fully saturated rings. The normalized spacial score (nSPS) is 20.1. The predicted molar refractivity (Wildman–Crippen MR) is 77.7 cm³/mol. The molecule has 0 spiro atoms. The Morgan fingerprint density at radius 3 is 2.74 bits per heavy atom. The lowest BCUT2D eigenvalue weighted by molar-refractivity contribution is 0.0179. The summed E-state index contributed by atoms with van der Waals surface area (Å²) < 4.78 is 5.68. The van der Waals surface area contributed by atoms with E-state index in [1.165, 1.54) is 32.1 Å². The number of nitrogens with zero attached hydrogens (tertiary/aromatic N) is 1. The highest BCUT2D eigenvalue weighted by atomic mass is 16.5. The van der Waals surface area contributed by atoms with Crippen molar-refractivity contribution >= 4 is 5.69 Å². The highest BCUT2D eigenvalue weighted by molar-refractivity contribution is 5.44. The molecule has 0 radical (unpaired) electrons. The summed E-state index contributed by atoms with van der Waals surface area (Å²) in [4.78, 5) is 4.12. The van der Waals surface area contributed by atoms with E-state index in [-0.39, 0.29) is 12.1 Å². The molecule has 0 aliphatic heterocycles. The third-order valence-electron chi connectivity index (χ3n) is 4.21. The molecule has 0 bridgehead atoms. The van der Waals surface area contributed by atoms with Gasteiger partial charge in [0.05, 0.1) is 6.10 Å². The van der Waals surface area contributed by atoms with E-state index in [2.05, 4.69) is 4.98 Å². The van der Waals surface area contributed by atoms with Crippen LogP contribution in [0.5, 0.6) is 0 Å². The van der Waals surface area contributed by atoms with Crippen molar-refractivity contribution in [3.63, 3.8) is 0 Å². The lowest BCUT2D eigenvalue weighted by Crippen LogP contribution is -2.43. The van der Waals surface area contributed by atoms with Crippen LogP contribution in [0.2, 0.25) is 0 Å². The second-order valence-corrected chi connectivity index (χ2v) is 5.54.